The van der Waals surface area contributed by atoms with Gasteiger partial charge in [0.15, 0.2) is 0 Å². The number of aromatic nitrogens is 2. The maximum absolute atomic E-state index is 13.9. The highest BCUT2D eigenvalue weighted by Crippen LogP contribution is 2.33. The van der Waals surface area contributed by atoms with E-state index in [0.29, 0.717) is 6.54 Å². The van der Waals surface area contributed by atoms with Crippen molar-refractivity contribution < 1.29 is 9.59 Å². The van der Waals surface area contributed by atoms with Crippen molar-refractivity contribution in [2.75, 3.05) is 4.90 Å². The van der Waals surface area contributed by atoms with Gasteiger partial charge in [-0.25, -0.2) is 0 Å². The number of nitrogens with zero attached hydrogens (tertiary/aromatic N) is 3. The standard InChI is InChI=1S/C28H42N4O2/c1-8-11-12-21(10-3)29-26(34)28(7)19-31-23(17-24(30-31)27(4,5)6)18-25(33)32(28)22-15-13-20(9-2)14-16-22/h13-17,21H,8-12,18-19H2,1-7H3,(H,29,34). The zero-order valence-electron chi connectivity index (χ0n) is 22.1. The van der Waals surface area contributed by atoms with E-state index in [4.69, 9.17) is 5.10 Å². The van der Waals surface area contributed by atoms with Crippen LogP contribution in [0, 0.1) is 0 Å². The van der Waals surface area contributed by atoms with Crippen molar-refractivity contribution in [3.63, 3.8) is 0 Å². The first-order valence-corrected chi connectivity index (χ1v) is 12.8. The number of hydrogen-bond donors (Lipinski definition) is 1. The Morgan fingerprint density at radius 2 is 1.85 bits per heavy atom. The number of amides is 2. The minimum absolute atomic E-state index is 0.0809. The Bertz CT molecular complexity index is 1000. The van der Waals surface area contributed by atoms with Gasteiger partial charge in [-0.1, -0.05) is 66.5 Å². The van der Waals surface area contributed by atoms with Crippen LogP contribution in [0.4, 0.5) is 5.69 Å². The van der Waals surface area contributed by atoms with Crippen molar-refractivity contribution in [2.45, 2.75) is 111 Å². The molecular weight excluding hydrogens is 424 g/mol. The van der Waals surface area contributed by atoms with Crippen LogP contribution in [-0.2, 0) is 34.4 Å². The summed E-state index contributed by atoms with van der Waals surface area (Å²) in [6.07, 6.45) is 5.09. The summed E-state index contributed by atoms with van der Waals surface area (Å²) in [6.45, 7) is 14.9. The SMILES string of the molecule is CCCCC(CC)NC(=O)C1(C)Cn2nc(C(C)(C)C)cc2CC(=O)N1c1ccc(CC)cc1. The molecule has 2 amide bonds. The summed E-state index contributed by atoms with van der Waals surface area (Å²) in [5.74, 6) is -0.202. The number of anilines is 1. The summed E-state index contributed by atoms with van der Waals surface area (Å²) < 4.78 is 1.88. The van der Waals surface area contributed by atoms with E-state index < -0.39 is 5.54 Å². The van der Waals surface area contributed by atoms with Gasteiger partial charge in [0.2, 0.25) is 11.8 Å². The highest BCUT2D eigenvalue weighted by molar-refractivity contribution is 6.04. The zero-order chi connectivity index (χ0) is 25.1. The second-order valence-corrected chi connectivity index (χ2v) is 10.8. The Hall–Kier alpha value is -2.63. The van der Waals surface area contributed by atoms with Gasteiger partial charge >= 0.3 is 0 Å². The number of carbonyl (C=O) groups is 2. The van der Waals surface area contributed by atoms with E-state index in [9.17, 15) is 9.59 Å². The van der Waals surface area contributed by atoms with Crippen LogP contribution in [0.1, 0.15) is 91.1 Å². The lowest BCUT2D eigenvalue weighted by Crippen LogP contribution is -2.62. The zero-order valence-corrected chi connectivity index (χ0v) is 22.1. The lowest BCUT2D eigenvalue weighted by Gasteiger charge is -2.39. The van der Waals surface area contributed by atoms with Crippen LogP contribution in [0.5, 0.6) is 0 Å². The van der Waals surface area contributed by atoms with E-state index in [1.165, 1.54) is 5.56 Å². The molecule has 2 unspecified atom stereocenters. The van der Waals surface area contributed by atoms with Gasteiger partial charge in [-0.15, -0.1) is 0 Å². The second-order valence-electron chi connectivity index (χ2n) is 10.8. The molecule has 2 heterocycles. The molecule has 0 aliphatic carbocycles. The molecule has 2 aromatic rings. The van der Waals surface area contributed by atoms with Crippen molar-refractivity contribution >= 4 is 17.5 Å². The van der Waals surface area contributed by atoms with E-state index in [0.717, 1.165) is 49.2 Å². The molecule has 0 spiro atoms. The van der Waals surface area contributed by atoms with Crippen LogP contribution >= 0.6 is 0 Å². The van der Waals surface area contributed by atoms with Gasteiger partial charge in [-0.05, 0) is 49.9 Å². The van der Waals surface area contributed by atoms with Crippen molar-refractivity contribution in [2.24, 2.45) is 0 Å². The van der Waals surface area contributed by atoms with Crippen molar-refractivity contribution in [1.29, 1.82) is 0 Å². The summed E-state index contributed by atoms with van der Waals surface area (Å²) in [4.78, 5) is 29.4. The lowest BCUT2D eigenvalue weighted by atomic mass is 9.92. The summed E-state index contributed by atoms with van der Waals surface area (Å²) in [7, 11) is 0. The average Bonchev–Trinajstić information content (AvgIpc) is 3.14. The van der Waals surface area contributed by atoms with Crippen molar-refractivity contribution in [1.82, 2.24) is 15.1 Å². The van der Waals surface area contributed by atoms with Gasteiger partial charge in [0, 0.05) is 22.8 Å². The number of rotatable bonds is 8. The number of aryl methyl sites for hydroxylation is 1. The fourth-order valence-corrected chi connectivity index (χ4v) is 4.63. The van der Waals surface area contributed by atoms with Gasteiger partial charge in [-0.3, -0.25) is 19.2 Å². The van der Waals surface area contributed by atoms with Crippen LogP contribution in [0.15, 0.2) is 30.3 Å². The molecule has 0 bridgehead atoms. The quantitative estimate of drug-likeness (QED) is 0.583. The summed E-state index contributed by atoms with van der Waals surface area (Å²) in [5, 5.41) is 8.13. The molecule has 0 saturated heterocycles. The summed E-state index contributed by atoms with van der Waals surface area (Å²) >= 11 is 0. The second kappa shape index (κ2) is 10.3. The first-order valence-electron chi connectivity index (χ1n) is 12.8. The predicted molar refractivity (Wildman–Crippen MR) is 138 cm³/mol. The van der Waals surface area contributed by atoms with Gasteiger partial charge in [-0.2, -0.15) is 5.10 Å². The summed E-state index contributed by atoms with van der Waals surface area (Å²) in [5.41, 5.74) is 2.52. The highest BCUT2D eigenvalue weighted by Gasteiger charge is 2.47. The maximum Gasteiger partial charge on any atom is 0.248 e. The number of benzene rings is 1. The van der Waals surface area contributed by atoms with E-state index >= 15 is 0 Å². The topological polar surface area (TPSA) is 67.2 Å². The normalized spacial score (nSPS) is 19.5. The lowest BCUT2D eigenvalue weighted by molar-refractivity contribution is -0.130. The molecule has 1 aromatic carbocycles. The van der Waals surface area contributed by atoms with Gasteiger partial charge in [0.05, 0.1) is 18.7 Å². The molecule has 1 aromatic heterocycles. The maximum atomic E-state index is 13.9. The van der Waals surface area contributed by atoms with Crippen molar-refractivity contribution in [3.8, 4) is 0 Å². The fraction of sp³-hybridized carbons (Fsp3) is 0.607. The first kappa shape index (κ1) is 26.0. The fourth-order valence-electron chi connectivity index (χ4n) is 4.63. The third kappa shape index (κ3) is 5.37. The molecule has 0 saturated carbocycles. The number of fused-ring (bicyclic) bond motifs is 1. The van der Waals surface area contributed by atoms with Gasteiger partial charge in [0.25, 0.3) is 0 Å². The molecule has 6 nitrogen and oxygen atoms in total. The molecule has 2 atom stereocenters. The molecule has 186 valence electrons. The first-order chi connectivity index (χ1) is 16.0. The number of hydrogen-bond acceptors (Lipinski definition) is 3. The van der Waals surface area contributed by atoms with Gasteiger partial charge < -0.3 is 5.32 Å². The molecule has 1 aliphatic heterocycles. The van der Waals surface area contributed by atoms with E-state index in [2.05, 4.69) is 46.9 Å². The molecule has 1 N–H and O–H groups in total. The number of unbranched alkanes of at least 4 members (excludes halogenated alkanes) is 1. The summed E-state index contributed by atoms with van der Waals surface area (Å²) in [6, 6.07) is 10.1. The minimum Gasteiger partial charge on any atom is -0.351 e. The number of carbonyl (C=O) groups excluding carboxylic acids is 2. The Kier molecular flexibility index (Phi) is 7.89. The van der Waals surface area contributed by atoms with Crippen LogP contribution in [-0.4, -0.2) is 33.2 Å². The Labute approximate surface area is 205 Å². The predicted octanol–water partition coefficient (Wildman–Crippen LogP) is 5.18. The highest BCUT2D eigenvalue weighted by atomic mass is 16.2. The minimum atomic E-state index is -1.10. The molecule has 0 fully saturated rings. The van der Waals surface area contributed by atoms with Gasteiger partial charge in [0.1, 0.15) is 5.54 Å². The van der Waals surface area contributed by atoms with Crippen LogP contribution in [0.2, 0.25) is 0 Å². The Balaban J connectivity index is 2.06. The molecule has 3 rings (SSSR count). The van der Waals surface area contributed by atoms with E-state index in [-0.39, 0.29) is 29.7 Å². The average molecular weight is 467 g/mol. The smallest absolute Gasteiger partial charge is 0.248 e. The van der Waals surface area contributed by atoms with E-state index in [1.807, 2.05) is 41.9 Å². The molecule has 6 heteroatoms. The van der Waals surface area contributed by atoms with Crippen molar-refractivity contribution in [3.05, 3.63) is 47.3 Å². The monoisotopic (exact) mass is 466 g/mol. The van der Waals surface area contributed by atoms with Crippen LogP contribution in [0.3, 0.4) is 0 Å². The van der Waals surface area contributed by atoms with Crippen LogP contribution in [0.25, 0.3) is 0 Å². The largest absolute Gasteiger partial charge is 0.351 e. The molecular formula is C28H42N4O2. The number of nitrogens with one attached hydrogen (secondary N) is 1. The molecule has 0 radical (unpaired) electrons. The Morgan fingerprint density at radius 3 is 2.41 bits per heavy atom. The molecule has 34 heavy (non-hydrogen) atoms. The molecule has 1 aliphatic rings. The third-order valence-corrected chi connectivity index (χ3v) is 6.99. The van der Waals surface area contributed by atoms with Crippen LogP contribution < -0.4 is 10.2 Å². The van der Waals surface area contributed by atoms with E-state index in [1.54, 1.807) is 4.90 Å². The third-order valence-electron chi connectivity index (χ3n) is 6.99. The Morgan fingerprint density at radius 1 is 1.18 bits per heavy atom.